The van der Waals surface area contributed by atoms with E-state index in [4.69, 9.17) is 4.74 Å². The number of methoxy groups -OCH3 is 1. The van der Waals surface area contributed by atoms with Crippen molar-refractivity contribution in [2.24, 2.45) is 0 Å². The molecule has 0 bridgehead atoms. The van der Waals surface area contributed by atoms with Crippen LogP contribution in [0.25, 0.3) is 0 Å². The summed E-state index contributed by atoms with van der Waals surface area (Å²) >= 11 is 3.26. The second-order valence-corrected chi connectivity index (χ2v) is 6.53. The van der Waals surface area contributed by atoms with Gasteiger partial charge < -0.3 is 14.6 Å². The van der Waals surface area contributed by atoms with Crippen molar-refractivity contribution in [1.82, 2.24) is 0 Å². The summed E-state index contributed by atoms with van der Waals surface area (Å²) in [7, 11) is 1.24. The summed E-state index contributed by atoms with van der Waals surface area (Å²) in [4.78, 5) is 35.1. The smallest absolute Gasteiger partial charge is 0.344 e. The number of Topliss-reactive ketones (excluding diaryl/α,β-unsaturated/α-hetero) is 1. The molecule has 25 heavy (non-hydrogen) atoms. The van der Waals surface area contributed by atoms with Crippen LogP contribution in [0, 0.1) is 0 Å². The second-order valence-electron chi connectivity index (χ2n) is 5.68. The van der Waals surface area contributed by atoms with Crippen molar-refractivity contribution in [3.63, 3.8) is 0 Å². The van der Waals surface area contributed by atoms with Gasteiger partial charge in [-0.05, 0) is 47.8 Å². The van der Waals surface area contributed by atoms with Gasteiger partial charge >= 0.3 is 11.9 Å². The molecule has 1 unspecified atom stereocenters. The van der Waals surface area contributed by atoms with Crippen LogP contribution in [0.15, 0.2) is 16.6 Å². The predicted molar refractivity (Wildman–Crippen MR) is 96.3 cm³/mol. The first-order valence-electron chi connectivity index (χ1n) is 8.14. The Kier molecular flexibility index (Phi) is 8.61. The van der Waals surface area contributed by atoms with E-state index in [1.807, 2.05) is 0 Å². The maximum absolute atomic E-state index is 11.9. The Labute approximate surface area is 155 Å². The van der Waals surface area contributed by atoms with Crippen molar-refractivity contribution in [3.8, 4) is 5.75 Å². The monoisotopic (exact) mass is 414 g/mol. The topological polar surface area (TPSA) is 89.9 Å². The lowest BCUT2D eigenvalue weighted by Gasteiger charge is -2.19. The Hall–Kier alpha value is -1.89. The molecule has 0 heterocycles. The maximum atomic E-state index is 11.9. The Morgan fingerprint density at radius 2 is 1.88 bits per heavy atom. The van der Waals surface area contributed by atoms with Gasteiger partial charge in [-0.1, -0.05) is 26.2 Å². The molecule has 0 spiro atoms. The normalized spacial score (nSPS) is 11.7. The molecule has 0 fully saturated rings. The highest BCUT2D eigenvalue weighted by molar-refractivity contribution is 9.10. The fraction of sp³-hybridized carbons (Fsp3) is 0.500. The van der Waals surface area contributed by atoms with Gasteiger partial charge in [0, 0.05) is 0 Å². The number of carbonyl (C=O) groups excluding carboxylic acids is 2. The van der Waals surface area contributed by atoms with Crippen LogP contribution in [0.1, 0.15) is 66.7 Å². The zero-order valence-electron chi connectivity index (χ0n) is 14.6. The minimum atomic E-state index is -1.09. The van der Waals surface area contributed by atoms with Gasteiger partial charge in [-0.25, -0.2) is 9.59 Å². The Balaban J connectivity index is 3.10. The lowest BCUT2D eigenvalue weighted by atomic mass is 10.1. The van der Waals surface area contributed by atoms with Gasteiger partial charge in [0.1, 0.15) is 5.75 Å². The zero-order chi connectivity index (χ0) is 19.0. The number of aliphatic carboxylic acids is 1. The number of hydrogen-bond donors (Lipinski definition) is 1. The molecule has 0 radical (unpaired) electrons. The largest absolute Gasteiger partial charge is 0.479 e. The summed E-state index contributed by atoms with van der Waals surface area (Å²) in [6, 6.07) is 2.80. The van der Waals surface area contributed by atoms with Crippen LogP contribution < -0.4 is 4.74 Å². The van der Waals surface area contributed by atoms with Crippen molar-refractivity contribution in [3.05, 3.63) is 27.7 Å². The van der Waals surface area contributed by atoms with Gasteiger partial charge in [-0.3, -0.25) is 4.79 Å². The van der Waals surface area contributed by atoms with E-state index in [1.165, 1.54) is 26.2 Å². The van der Waals surface area contributed by atoms with E-state index in [-0.39, 0.29) is 22.7 Å². The summed E-state index contributed by atoms with van der Waals surface area (Å²) < 4.78 is 10.6. The van der Waals surface area contributed by atoms with E-state index in [2.05, 4.69) is 27.6 Å². The van der Waals surface area contributed by atoms with E-state index in [1.54, 1.807) is 0 Å². The highest BCUT2D eigenvalue weighted by Crippen LogP contribution is 2.33. The highest BCUT2D eigenvalue weighted by atomic mass is 79.9. The van der Waals surface area contributed by atoms with E-state index in [0.717, 1.165) is 25.7 Å². The number of hydrogen-bond acceptors (Lipinski definition) is 5. The lowest BCUT2D eigenvalue weighted by molar-refractivity contribution is -0.145. The number of esters is 1. The molecule has 6 nitrogen and oxygen atoms in total. The highest BCUT2D eigenvalue weighted by Gasteiger charge is 2.24. The third kappa shape index (κ3) is 6.16. The molecule has 0 saturated heterocycles. The van der Waals surface area contributed by atoms with Crippen molar-refractivity contribution in [2.45, 2.75) is 52.1 Å². The van der Waals surface area contributed by atoms with Gasteiger partial charge in [0.15, 0.2) is 11.9 Å². The number of ketones is 1. The minimum Gasteiger partial charge on any atom is -0.479 e. The van der Waals surface area contributed by atoms with Crippen LogP contribution in [-0.2, 0) is 9.53 Å². The van der Waals surface area contributed by atoms with Crippen LogP contribution in [0.4, 0.5) is 0 Å². The molecule has 0 aliphatic carbocycles. The fourth-order valence-corrected chi connectivity index (χ4v) is 2.90. The molecule has 1 rings (SSSR count). The number of carbonyl (C=O) groups is 3. The average Bonchev–Trinajstić information content (AvgIpc) is 2.57. The fourth-order valence-electron chi connectivity index (χ4n) is 2.34. The van der Waals surface area contributed by atoms with Crippen LogP contribution in [-0.4, -0.2) is 36.0 Å². The minimum absolute atomic E-state index is 0.128. The lowest BCUT2D eigenvalue weighted by Crippen LogP contribution is -2.28. The van der Waals surface area contributed by atoms with Crippen LogP contribution in [0.2, 0.25) is 0 Å². The number of carboxylic acid groups (broad SMARTS) is 1. The van der Waals surface area contributed by atoms with Crippen LogP contribution in [0.5, 0.6) is 5.75 Å². The number of benzene rings is 1. The summed E-state index contributed by atoms with van der Waals surface area (Å²) in [6.45, 7) is 3.40. The SMILES string of the molecule is CCCCCCC(Oc1c(Br)cc(C(=O)OC)cc1C(C)=O)C(=O)O. The van der Waals surface area contributed by atoms with E-state index < -0.39 is 18.0 Å². The van der Waals surface area contributed by atoms with Crippen molar-refractivity contribution in [1.29, 1.82) is 0 Å². The molecule has 0 aliphatic heterocycles. The number of carboxylic acids is 1. The number of ether oxygens (including phenoxy) is 2. The van der Waals surface area contributed by atoms with Gasteiger partial charge in [-0.15, -0.1) is 0 Å². The zero-order valence-corrected chi connectivity index (χ0v) is 16.2. The predicted octanol–water partition coefficient (Wildman–Crippen LogP) is 4.24. The summed E-state index contributed by atoms with van der Waals surface area (Å²) in [5, 5.41) is 9.39. The van der Waals surface area contributed by atoms with Crippen LogP contribution >= 0.6 is 15.9 Å². The van der Waals surface area contributed by atoms with Crippen LogP contribution in [0.3, 0.4) is 0 Å². The van der Waals surface area contributed by atoms with Crippen molar-refractivity contribution < 1.29 is 29.0 Å². The van der Waals surface area contributed by atoms with Crippen molar-refractivity contribution in [2.75, 3.05) is 7.11 Å². The molecular weight excluding hydrogens is 392 g/mol. The molecule has 1 atom stereocenters. The Morgan fingerprint density at radius 1 is 1.20 bits per heavy atom. The second kappa shape index (κ2) is 10.2. The standard InChI is InChI=1S/C18H23BrO6/c1-4-5-6-7-8-15(17(21)22)25-16-13(11(2)20)9-12(10-14(16)19)18(23)24-3/h9-10,15H,4-8H2,1-3H3,(H,21,22). The Morgan fingerprint density at radius 3 is 2.40 bits per heavy atom. The number of unbranched alkanes of at least 4 members (excludes halogenated alkanes) is 3. The molecule has 1 N–H and O–H groups in total. The summed E-state index contributed by atoms with van der Waals surface area (Å²) in [6.07, 6.45) is 3.01. The molecule has 0 amide bonds. The van der Waals surface area contributed by atoms with Crippen molar-refractivity contribution >= 4 is 33.7 Å². The molecule has 0 aromatic heterocycles. The molecule has 1 aromatic carbocycles. The maximum Gasteiger partial charge on any atom is 0.344 e. The Bertz CT molecular complexity index is 641. The first-order chi connectivity index (χ1) is 11.8. The first kappa shape index (κ1) is 21.2. The summed E-state index contributed by atoms with van der Waals surface area (Å²) in [5.41, 5.74) is 0.316. The van der Waals surface area contributed by atoms with E-state index in [0.29, 0.717) is 10.9 Å². The molecule has 7 heteroatoms. The third-order valence-corrected chi connectivity index (χ3v) is 4.29. The summed E-state index contributed by atoms with van der Waals surface area (Å²) in [5.74, 6) is -1.89. The number of rotatable bonds is 10. The molecule has 138 valence electrons. The van der Waals surface area contributed by atoms with Gasteiger partial charge in [0.25, 0.3) is 0 Å². The molecule has 0 aliphatic rings. The molecular formula is C18H23BrO6. The van der Waals surface area contributed by atoms with Gasteiger partial charge in [0.2, 0.25) is 0 Å². The molecule has 0 saturated carbocycles. The molecule has 1 aromatic rings. The average molecular weight is 415 g/mol. The number of halogens is 1. The first-order valence-corrected chi connectivity index (χ1v) is 8.93. The third-order valence-electron chi connectivity index (χ3n) is 3.70. The quantitative estimate of drug-likeness (QED) is 0.349. The van der Waals surface area contributed by atoms with E-state index in [9.17, 15) is 19.5 Å². The van der Waals surface area contributed by atoms with Gasteiger partial charge in [-0.2, -0.15) is 0 Å². The van der Waals surface area contributed by atoms with E-state index >= 15 is 0 Å². The van der Waals surface area contributed by atoms with Gasteiger partial charge in [0.05, 0.1) is 22.7 Å².